The number of hydrogen-bond acceptors (Lipinski definition) is 4. The molecule has 0 bridgehead atoms. The Morgan fingerprint density at radius 3 is 2.58 bits per heavy atom. The number of nitrogens with one attached hydrogen (secondary N) is 1. The molecule has 0 aromatic rings. The first-order chi connectivity index (χ1) is 8.94. The van der Waals surface area contributed by atoms with E-state index in [0.29, 0.717) is 29.3 Å². The minimum absolute atomic E-state index is 0.310. The van der Waals surface area contributed by atoms with Crippen molar-refractivity contribution in [2.45, 2.75) is 33.6 Å². The summed E-state index contributed by atoms with van der Waals surface area (Å²) in [6.07, 6.45) is 1.78. The summed E-state index contributed by atoms with van der Waals surface area (Å²) in [6.45, 7) is 9.72. The summed E-state index contributed by atoms with van der Waals surface area (Å²) in [4.78, 5) is 0. The molecule has 0 aliphatic carbocycles. The first-order valence-electron chi connectivity index (χ1n) is 7.43. The van der Waals surface area contributed by atoms with Crippen molar-refractivity contribution in [3.8, 4) is 0 Å². The molecule has 5 heteroatoms. The molecule has 1 aliphatic rings. The lowest BCUT2D eigenvalue weighted by atomic mass is 9.89. The molecule has 2 atom stereocenters. The summed E-state index contributed by atoms with van der Waals surface area (Å²) < 4.78 is 28.6. The van der Waals surface area contributed by atoms with Gasteiger partial charge in [-0.05, 0) is 50.6 Å². The minimum Gasteiger partial charge on any atom is -0.382 e. The van der Waals surface area contributed by atoms with Crippen LogP contribution in [0.15, 0.2) is 0 Å². The number of hydrogen-bond donors (Lipinski definition) is 1. The summed E-state index contributed by atoms with van der Waals surface area (Å²) in [6, 6.07) is 0. The minimum atomic E-state index is -2.78. The van der Waals surface area contributed by atoms with Crippen molar-refractivity contribution in [2.24, 2.45) is 17.8 Å². The molecule has 1 N–H and O–H groups in total. The van der Waals surface area contributed by atoms with Gasteiger partial charge in [0.2, 0.25) is 0 Å². The summed E-state index contributed by atoms with van der Waals surface area (Å²) in [7, 11) is -2.78. The average molecular weight is 291 g/mol. The largest absolute Gasteiger partial charge is 0.382 e. The zero-order valence-electron chi connectivity index (χ0n) is 12.5. The van der Waals surface area contributed by atoms with E-state index >= 15 is 0 Å². The van der Waals surface area contributed by atoms with Crippen molar-refractivity contribution >= 4 is 9.84 Å². The lowest BCUT2D eigenvalue weighted by Crippen LogP contribution is -2.32. The molecule has 0 spiro atoms. The highest BCUT2D eigenvalue weighted by atomic mass is 32.2. The molecule has 1 saturated heterocycles. The maximum atomic E-state index is 11.6. The van der Waals surface area contributed by atoms with Gasteiger partial charge in [-0.1, -0.05) is 13.8 Å². The fourth-order valence-electron chi connectivity index (χ4n) is 2.64. The lowest BCUT2D eigenvalue weighted by molar-refractivity contribution is 0.122. The van der Waals surface area contributed by atoms with E-state index < -0.39 is 9.84 Å². The molecule has 0 aromatic carbocycles. The molecular weight excluding hydrogens is 262 g/mol. The van der Waals surface area contributed by atoms with E-state index in [0.717, 1.165) is 39.1 Å². The van der Waals surface area contributed by atoms with Crippen molar-refractivity contribution in [1.29, 1.82) is 0 Å². The fourth-order valence-corrected chi connectivity index (χ4v) is 4.56. The lowest BCUT2D eigenvalue weighted by Gasteiger charge is -2.23. The van der Waals surface area contributed by atoms with Crippen LogP contribution in [0.25, 0.3) is 0 Å². The molecule has 1 heterocycles. The Balaban J connectivity index is 2.44. The van der Waals surface area contributed by atoms with Gasteiger partial charge in [0.05, 0.1) is 11.5 Å². The molecule has 0 saturated carbocycles. The molecule has 114 valence electrons. The van der Waals surface area contributed by atoms with Crippen LogP contribution in [0.3, 0.4) is 0 Å². The van der Waals surface area contributed by atoms with E-state index in [1.807, 2.05) is 6.92 Å². The van der Waals surface area contributed by atoms with Crippen LogP contribution in [0.4, 0.5) is 0 Å². The highest BCUT2D eigenvalue weighted by molar-refractivity contribution is 7.91. The predicted molar refractivity (Wildman–Crippen MR) is 79.1 cm³/mol. The van der Waals surface area contributed by atoms with Crippen LogP contribution in [0.2, 0.25) is 0 Å². The van der Waals surface area contributed by atoms with Crippen LogP contribution in [-0.4, -0.2) is 46.2 Å². The summed E-state index contributed by atoms with van der Waals surface area (Å²) in [5.41, 5.74) is 0. The van der Waals surface area contributed by atoms with Gasteiger partial charge in [-0.25, -0.2) is 8.42 Å². The Hall–Kier alpha value is -0.130. The van der Waals surface area contributed by atoms with E-state index in [4.69, 9.17) is 4.74 Å². The van der Waals surface area contributed by atoms with Crippen LogP contribution < -0.4 is 5.32 Å². The van der Waals surface area contributed by atoms with Gasteiger partial charge in [-0.3, -0.25) is 0 Å². The Bertz CT molecular complexity index is 341. The SMILES string of the molecule is CCOCCC(CNCC(C)C)C1CCS(=O)(=O)C1. The quantitative estimate of drug-likeness (QED) is 0.657. The monoisotopic (exact) mass is 291 g/mol. The van der Waals surface area contributed by atoms with Gasteiger partial charge in [0, 0.05) is 13.2 Å². The van der Waals surface area contributed by atoms with Crippen molar-refractivity contribution in [1.82, 2.24) is 5.32 Å². The second-order valence-electron chi connectivity index (χ2n) is 5.96. The van der Waals surface area contributed by atoms with E-state index in [1.165, 1.54) is 0 Å². The van der Waals surface area contributed by atoms with Crippen LogP contribution >= 0.6 is 0 Å². The Morgan fingerprint density at radius 2 is 2.05 bits per heavy atom. The summed E-state index contributed by atoms with van der Waals surface area (Å²) in [5, 5.41) is 3.47. The predicted octanol–water partition coefficient (Wildman–Crippen LogP) is 1.71. The third-order valence-electron chi connectivity index (χ3n) is 3.73. The molecular formula is C14H29NO3S. The molecule has 1 rings (SSSR count). The average Bonchev–Trinajstić information content (AvgIpc) is 2.67. The number of ether oxygens (including phenoxy) is 1. The molecule has 0 amide bonds. The molecule has 1 fully saturated rings. The van der Waals surface area contributed by atoms with Gasteiger partial charge in [-0.2, -0.15) is 0 Å². The zero-order valence-corrected chi connectivity index (χ0v) is 13.3. The van der Waals surface area contributed by atoms with Crippen molar-refractivity contribution in [3.05, 3.63) is 0 Å². The second-order valence-corrected chi connectivity index (χ2v) is 8.19. The van der Waals surface area contributed by atoms with Gasteiger partial charge >= 0.3 is 0 Å². The highest BCUT2D eigenvalue weighted by Crippen LogP contribution is 2.28. The summed E-state index contributed by atoms with van der Waals surface area (Å²) >= 11 is 0. The Labute approximate surface area is 118 Å². The smallest absolute Gasteiger partial charge is 0.150 e. The number of sulfone groups is 1. The van der Waals surface area contributed by atoms with Crippen molar-refractivity contribution < 1.29 is 13.2 Å². The van der Waals surface area contributed by atoms with Crippen molar-refractivity contribution in [2.75, 3.05) is 37.8 Å². The maximum Gasteiger partial charge on any atom is 0.150 e. The number of rotatable bonds is 9. The third-order valence-corrected chi connectivity index (χ3v) is 5.52. The fraction of sp³-hybridized carbons (Fsp3) is 1.00. The van der Waals surface area contributed by atoms with Gasteiger partial charge in [-0.15, -0.1) is 0 Å². The first kappa shape index (κ1) is 16.9. The maximum absolute atomic E-state index is 11.6. The molecule has 1 aliphatic heterocycles. The van der Waals surface area contributed by atoms with E-state index in [2.05, 4.69) is 19.2 Å². The van der Waals surface area contributed by atoms with E-state index in [-0.39, 0.29) is 0 Å². The standard InChI is InChI=1S/C14H29NO3S/c1-4-18-7-5-13(10-15-9-12(2)3)14-6-8-19(16,17)11-14/h12-15H,4-11H2,1-3H3. The zero-order chi connectivity index (χ0) is 14.3. The van der Waals surface area contributed by atoms with Crippen LogP contribution in [0, 0.1) is 17.8 Å². The molecule has 2 unspecified atom stereocenters. The first-order valence-corrected chi connectivity index (χ1v) is 9.25. The van der Waals surface area contributed by atoms with Gasteiger partial charge < -0.3 is 10.1 Å². The Kier molecular flexibility index (Phi) is 7.32. The highest BCUT2D eigenvalue weighted by Gasteiger charge is 2.33. The normalized spacial score (nSPS) is 23.9. The van der Waals surface area contributed by atoms with Crippen molar-refractivity contribution in [3.63, 3.8) is 0 Å². The van der Waals surface area contributed by atoms with Gasteiger partial charge in [0.1, 0.15) is 0 Å². The molecule has 4 nitrogen and oxygen atoms in total. The van der Waals surface area contributed by atoms with E-state index in [1.54, 1.807) is 0 Å². The van der Waals surface area contributed by atoms with E-state index in [9.17, 15) is 8.42 Å². The summed E-state index contributed by atoms with van der Waals surface area (Å²) in [5.74, 6) is 2.09. The molecule has 0 radical (unpaired) electrons. The van der Waals surface area contributed by atoms with Crippen LogP contribution in [0.1, 0.15) is 33.6 Å². The van der Waals surface area contributed by atoms with Gasteiger partial charge in [0.25, 0.3) is 0 Å². The second kappa shape index (κ2) is 8.22. The topological polar surface area (TPSA) is 55.4 Å². The van der Waals surface area contributed by atoms with Crippen LogP contribution in [-0.2, 0) is 14.6 Å². The third kappa shape index (κ3) is 6.72. The Morgan fingerprint density at radius 1 is 1.32 bits per heavy atom. The van der Waals surface area contributed by atoms with Gasteiger partial charge in [0.15, 0.2) is 9.84 Å². The van der Waals surface area contributed by atoms with Crippen LogP contribution in [0.5, 0.6) is 0 Å². The molecule has 19 heavy (non-hydrogen) atoms. The molecule has 0 aromatic heterocycles.